The van der Waals surface area contributed by atoms with Crippen LogP contribution in [0.15, 0.2) is 103 Å². The van der Waals surface area contributed by atoms with E-state index in [2.05, 4.69) is 186 Å². The topological polar surface area (TPSA) is 46.5 Å². The summed E-state index contributed by atoms with van der Waals surface area (Å²) in [5, 5.41) is 18.1. The van der Waals surface area contributed by atoms with Crippen LogP contribution in [0.1, 0.15) is 111 Å². The fourth-order valence-corrected chi connectivity index (χ4v) is 9.99. The molecule has 0 aliphatic heterocycles. The molecule has 0 spiro atoms. The van der Waals surface area contributed by atoms with Crippen LogP contribution >= 0.6 is 7.92 Å². The van der Waals surface area contributed by atoms with Gasteiger partial charge in [0.25, 0.3) is 0 Å². The molecule has 0 aliphatic rings. The average Bonchev–Trinajstić information content (AvgIpc) is 3.09. The second-order valence-electron chi connectivity index (χ2n) is 19.4. The van der Waals surface area contributed by atoms with Crippen LogP contribution in [0, 0.1) is 6.92 Å². The highest BCUT2D eigenvalue weighted by Gasteiger charge is 2.31. The van der Waals surface area contributed by atoms with Gasteiger partial charge in [-0.2, -0.15) is 0 Å². The van der Waals surface area contributed by atoms with E-state index in [9.17, 15) is 9.90 Å². The summed E-state index contributed by atoms with van der Waals surface area (Å²) in [7, 11) is -1.19. The molecule has 3 nitrogen and oxygen atoms in total. The number of ether oxygens (including phenoxy) is 1. The first-order chi connectivity index (χ1) is 25.5. The first-order valence-electron chi connectivity index (χ1n) is 19.6. The summed E-state index contributed by atoms with van der Waals surface area (Å²) in [4.78, 5) is 12.1. The molecule has 4 heteroatoms. The molecule has 0 radical (unpaired) electrons. The SMILES string of the molecule is Cc1cc2ccccc2c(-c2c(P(c3cc(C(C)(C)C)cc(C(C)(C)C)c3)c3cc(C(C)(C)C)cc(C(C)(C)C)c3)ccc3ccccc23)c1OCC(=O)O. The van der Waals surface area contributed by atoms with E-state index in [0.717, 1.165) is 38.2 Å². The summed E-state index contributed by atoms with van der Waals surface area (Å²) < 4.78 is 6.35. The van der Waals surface area contributed by atoms with Gasteiger partial charge in [0.15, 0.2) is 6.61 Å². The van der Waals surface area contributed by atoms with Gasteiger partial charge in [-0.05, 0) is 108 Å². The third-order valence-electron chi connectivity index (χ3n) is 10.7. The lowest BCUT2D eigenvalue weighted by Gasteiger charge is -2.32. The normalized spacial score (nSPS) is 12.8. The number of benzene rings is 6. The van der Waals surface area contributed by atoms with Crippen molar-refractivity contribution in [3.63, 3.8) is 0 Å². The van der Waals surface area contributed by atoms with Gasteiger partial charge in [-0.15, -0.1) is 0 Å². The van der Waals surface area contributed by atoms with Crippen molar-refractivity contribution in [3.8, 4) is 16.9 Å². The molecule has 0 atom stereocenters. The maximum atomic E-state index is 12.1. The lowest BCUT2D eigenvalue weighted by molar-refractivity contribution is -0.139. The molecule has 6 aromatic carbocycles. The lowest BCUT2D eigenvalue weighted by atomic mass is 9.81. The van der Waals surface area contributed by atoms with Gasteiger partial charge in [-0.3, -0.25) is 0 Å². The van der Waals surface area contributed by atoms with Gasteiger partial charge >= 0.3 is 5.97 Å². The summed E-state index contributed by atoms with van der Waals surface area (Å²) in [5.74, 6) is -0.382. The summed E-state index contributed by atoms with van der Waals surface area (Å²) >= 11 is 0. The summed E-state index contributed by atoms with van der Waals surface area (Å²) in [6.07, 6.45) is 0. The molecular formula is C51H59O3P. The predicted octanol–water partition coefficient (Wildman–Crippen LogP) is 12.4. The first-order valence-corrected chi connectivity index (χ1v) is 20.9. The van der Waals surface area contributed by atoms with E-state index in [1.165, 1.54) is 38.2 Å². The largest absolute Gasteiger partial charge is 0.481 e. The number of hydrogen-bond donors (Lipinski definition) is 1. The Morgan fingerprint density at radius 2 is 0.964 bits per heavy atom. The highest BCUT2D eigenvalue weighted by atomic mass is 31.1. The Bertz CT molecular complexity index is 2270. The van der Waals surface area contributed by atoms with Crippen LogP contribution < -0.4 is 20.7 Å². The maximum absolute atomic E-state index is 12.1. The zero-order chi connectivity index (χ0) is 40.2. The quantitative estimate of drug-likeness (QED) is 0.165. The summed E-state index contributed by atoms with van der Waals surface area (Å²) in [5.41, 5.74) is 7.94. The fraction of sp³-hybridized carbons (Fsp3) is 0.353. The van der Waals surface area contributed by atoms with Crippen molar-refractivity contribution in [2.75, 3.05) is 6.61 Å². The Labute approximate surface area is 330 Å². The van der Waals surface area contributed by atoms with Crippen LogP contribution in [0.25, 0.3) is 32.7 Å². The van der Waals surface area contributed by atoms with E-state index in [1.54, 1.807) is 0 Å². The number of fused-ring (bicyclic) bond motifs is 2. The van der Waals surface area contributed by atoms with Crippen LogP contribution in [0.3, 0.4) is 0 Å². The second-order valence-corrected chi connectivity index (χ2v) is 21.5. The minimum atomic E-state index is -1.19. The number of aryl methyl sites for hydroxylation is 1. The van der Waals surface area contributed by atoms with Crippen molar-refractivity contribution in [2.24, 2.45) is 0 Å². The van der Waals surface area contributed by atoms with Gasteiger partial charge < -0.3 is 9.84 Å². The third kappa shape index (κ3) is 8.39. The van der Waals surface area contributed by atoms with Crippen molar-refractivity contribution in [1.29, 1.82) is 0 Å². The van der Waals surface area contributed by atoms with Gasteiger partial charge in [-0.25, -0.2) is 4.79 Å². The Morgan fingerprint density at radius 1 is 0.545 bits per heavy atom. The first kappa shape index (κ1) is 40.2. The van der Waals surface area contributed by atoms with Crippen molar-refractivity contribution in [2.45, 2.75) is 112 Å². The Kier molecular flexibility index (Phi) is 10.6. The van der Waals surface area contributed by atoms with Crippen molar-refractivity contribution >= 4 is 51.3 Å². The molecule has 0 heterocycles. The summed E-state index contributed by atoms with van der Waals surface area (Å²) in [6.45, 7) is 29.3. The molecule has 0 saturated heterocycles. The van der Waals surface area contributed by atoms with Crippen molar-refractivity contribution in [1.82, 2.24) is 0 Å². The number of rotatable bonds is 7. The van der Waals surface area contributed by atoms with Crippen LogP contribution in [0.5, 0.6) is 5.75 Å². The molecule has 6 rings (SSSR count). The number of carboxylic acid groups (broad SMARTS) is 1. The fourth-order valence-electron chi connectivity index (χ4n) is 7.39. The molecule has 55 heavy (non-hydrogen) atoms. The molecule has 0 bridgehead atoms. The zero-order valence-electron chi connectivity index (χ0n) is 35.2. The van der Waals surface area contributed by atoms with Gasteiger partial charge in [0.1, 0.15) is 5.75 Å². The smallest absolute Gasteiger partial charge is 0.341 e. The Hall–Kier alpha value is -4.46. The number of hydrogen-bond acceptors (Lipinski definition) is 2. The zero-order valence-corrected chi connectivity index (χ0v) is 36.1. The number of carboxylic acids is 1. The molecule has 0 amide bonds. The third-order valence-corrected chi connectivity index (χ3v) is 13.1. The Morgan fingerprint density at radius 3 is 1.40 bits per heavy atom. The molecule has 286 valence electrons. The van der Waals surface area contributed by atoms with E-state index in [-0.39, 0.29) is 21.7 Å². The van der Waals surface area contributed by atoms with E-state index in [1.807, 2.05) is 6.92 Å². The second kappa shape index (κ2) is 14.6. The van der Waals surface area contributed by atoms with E-state index < -0.39 is 20.5 Å². The molecule has 1 N–H and O–H groups in total. The predicted molar refractivity (Wildman–Crippen MR) is 238 cm³/mol. The van der Waals surface area contributed by atoms with Gasteiger partial charge in [0, 0.05) is 11.1 Å². The molecular weight excluding hydrogens is 692 g/mol. The number of aliphatic carboxylic acids is 1. The molecule has 0 aromatic heterocycles. The minimum absolute atomic E-state index is 0.0718. The average molecular weight is 751 g/mol. The monoisotopic (exact) mass is 750 g/mol. The van der Waals surface area contributed by atoms with E-state index >= 15 is 0 Å². The molecule has 6 aromatic rings. The highest BCUT2D eigenvalue weighted by molar-refractivity contribution is 7.80. The summed E-state index contributed by atoms with van der Waals surface area (Å²) in [6, 6.07) is 38.5. The lowest BCUT2D eigenvalue weighted by Crippen LogP contribution is -2.28. The molecule has 0 unspecified atom stereocenters. The molecule has 0 aliphatic carbocycles. The molecule has 0 saturated carbocycles. The number of carbonyl (C=O) groups is 1. The van der Waals surface area contributed by atoms with Crippen LogP contribution in [0.2, 0.25) is 0 Å². The minimum Gasteiger partial charge on any atom is -0.481 e. The van der Waals surface area contributed by atoms with Crippen molar-refractivity contribution < 1.29 is 14.6 Å². The highest BCUT2D eigenvalue weighted by Crippen LogP contribution is 2.48. The molecule has 0 fully saturated rings. The van der Waals surface area contributed by atoms with Crippen LogP contribution in [-0.2, 0) is 26.5 Å². The van der Waals surface area contributed by atoms with Crippen molar-refractivity contribution in [3.05, 3.63) is 131 Å². The van der Waals surface area contributed by atoms with E-state index in [4.69, 9.17) is 4.74 Å². The van der Waals surface area contributed by atoms with Gasteiger partial charge in [-0.1, -0.05) is 180 Å². The van der Waals surface area contributed by atoms with Gasteiger partial charge in [0.05, 0.1) is 0 Å². The Balaban J connectivity index is 1.86. The van der Waals surface area contributed by atoms with Crippen LogP contribution in [0.4, 0.5) is 0 Å². The van der Waals surface area contributed by atoms with Gasteiger partial charge in [0.2, 0.25) is 0 Å². The maximum Gasteiger partial charge on any atom is 0.341 e. The standard InChI is InChI=1S/C51H59O3P/c1-32-24-34-19-15-17-21-42(34)46(47(32)54-31-44(52)53)45-41-20-16-14-18-33(41)22-23-43(45)55(39-27-35(48(2,3)4)25-36(28-39)49(5,6)7)40-29-37(50(8,9)10)26-38(30-40)51(11,12)13/h14-30H,31H2,1-13H3,(H,52,53). The van der Waals surface area contributed by atoms with E-state index in [0.29, 0.717) is 5.75 Å². The van der Waals surface area contributed by atoms with Crippen LogP contribution in [-0.4, -0.2) is 17.7 Å².